The van der Waals surface area contributed by atoms with Crippen LogP contribution in [-0.4, -0.2) is 20.6 Å². The van der Waals surface area contributed by atoms with Gasteiger partial charge in [-0.2, -0.15) is 0 Å². The highest BCUT2D eigenvalue weighted by Gasteiger charge is 2.09. The molecule has 0 heterocycles. The minimum absolute atomic E-state index is 0. The Morgan fingerprint density at radius 3 is 2.06 bits per heavy atom. The molecule has 0 radical (unpaired) electrons. The van der Waals surface area contributed by atoms with Gasteiger partial charge in [0.05, 0.1) is 22.3 Å². The van der Waals surface area contributed by atoms with Crippen LogP contribution < -0.4 is 15.2 Å². The van der Waals surface area contributed by atoms with Gasteiger partial charge in [-0.3, -0.25) is 0 Å². The maximum Gasteiger partial charge on any atom is 0.122 e. The van der Waals surface area contributed by atoms with Crippen LogP contribution in [0.15, 0.2) is 12.1 Å². The number of nitrogens with two attached hydrogens (primary N) is 1. The van der Waals surface area contributed by atoms with Crippen molar-refractivity contribution in [2.24, 2.45) is 5.73 Å². The summed E-state index contributed by atoms with van der Waals surface area (Å²) in [4.78, 5) is 0. The highest BCUT2D eigenvalue weighted by Crippen LogP contribution is 2.29. The Kier molecular flexibility index (Phi) is 3.97. The first-order valence-electron chi connectivity index (χ1n) is 8.29. The fourth-order valence-corrected chi connectivity index (χ4v) is 1.65. The molecule has 3 nitrogen and oxygen atoms in total. The Hall–Kier alpha value is -0.930. The molecule has 0 unspecified atom stereocenters. The minimum Gasteiger partial charge on any atom is -0.496 e. The number of halogens is 1. The average Bonchev–Trinajstić information content (AvgIpc) is 2.31. The fraction of sp³-hybridized carbons (Fsp3) is 0.538. The predicted molar refractivity (Wildman–Crippen MR) is 73.5 cm³/mol. The van der Waals surface area contributed by atoms with Crippen LogP contribution in [-0.2, 0) is 12.8 Å². The van der Waals surface area contributed by atoms with E-state index in [9.17, 15) is 0 Å². The van der Waals surface area contributed by atoms with Crippen molar-refractivity contribution in [1.82, 2.24) is 0 Å². The summed E-state index contributed by atoms with van der Waals surface area (Å²) in [5.74, 6) is 0.398. The Bertz CT molecular complexity index is 459. The van der Waals surface area contributed by atoms with E-state index >= 15 is 0 Å². The van der Waals surface area contributed by atoms with Crippen LogP contribution >= 0.6 is 12.4 Å². The third kappa shape index (κ3) is 4.10. The molecule has 0 aliphatic carbocycles. The molecule has 1 aromatic rings. The molecule has 1 aromatic carbocycles. The van der Waals surface area contributed by atoms with Crippen LogP contribution in [0.1, 0.15) is 32.7 Å². The SMILES string of the molecule is Cl.[2H]C([2H])([2H])Oc1cc(CCN)c(OC([2H])([2H])[2H])cc1CCC. The largest absolute Gasteiger partial charge is 0.496 e. The van der Waals surface area contributed by atoms with E-state index in [0.717, 1.165) is 6.42 Å². The van der Waals surface area contributed by atoms with Crippen LogP contribution in [0.5, 0.6) is 11.5 Å². The lowest BCUT2D eigenvalue weighted by atomic mass is 10.0. The third-order valence-corrected chi connectivity index (χ3v) is 2.40. The molecule has 0 fully saturated rings. The first-order valence-corrected chi connectivity index (χ1v) is 5.29. The summed E-state index contributed by atoms with van der Waals surface area (Å²) in [6.07, 6.45) is 1.65. The number of methoxy groups -OCH3 is 2. The summed E-state index contributed by atoms with van der Waals surface area (Å²) < 4.78 is 53.4. The summed E-state index contributed by atoms with van der Waals surface area (Å²) in [7, 11) is -5.16. The predicted octanol–water partition coefficient (Wildman–Crippen LogP) is 2.58. The first-order chi connectivity index (χ1) is 10.1. The summed E-state index contributed by atoms with van der Waals surface area (Å²) >= 11 is 0. The van der Waals surface area contributed by atoms with E-state index in [4.69, 9.17) is 23.4 Å². The average molecular weight is 266 g/mol. The smallest absolute Gasteiger partial charge is 0.122 e. The van der Waals surface area contributed by atoms with Crippen LogP contribution in [0.25, 0.3) is 0 Å². The second-order valence-corrected chi connectivity index (χ2v) is 3.56. The quantitative estimate of drug-likeness (QED) is 0.860. The number of hydrogen-bond donors (Lipinski definition) is 1. The van der Waals surface area contributed by atoms with E-state index in [1.807, 2.05) is 6.92 Å². The molecule has 0 bridgehead atoms. The van der Waals surface area contributed by atoms with Gasteiger partial charge in [0.1, 0.15) is 11.5 Å². The normalized spacial score (nSPS) is 16.4. The van der Waals surface area contributed by atoms with Gasteiger partial charge < -0.3 is 15.2 Å². The number of aryl methyl sites for hydroxylation is 1. The number of ether oxygens (including phenoxy) is 2. The Balaban J connectivity index is 0.00000484. The van der Waals surface area contributed by atoms with E-state index < -0.39 is 14.1 Å². The van der Waals surface area contributed by atoms with Crippen molar-refractivity contribution in [2.45, 2.75) is 26.2 Å². The molecule has 0 aliphatic heterocycles. The van der Waals surface area contributed by atoms with E-state index in [0.29, 0.717) is 24.0 Å². The van der Waals surface area contributed by atoms with Crippen LogP contribution in [0.2, 0.25) is 0 Å². The van der Waals surface area contributed by atoms with Crippen molar-refractivity contribution in [3.8, 4) is 11.5 Å². The van der Waals surface area contributed by atoms with Crippen LogP contribution in [0.3, 0.4) is 0 Å². The number of hydrogen-bond acceptors (Lipinski definition) is 3. The van der Waals surface area contributed by atoms with Gasteiger partial charge in [0.15, 0.2) is 0 Å². The Morgan fingerprint density at radius 2 is 1.65 bits per heavy atom. The molecule has 0 spiro atoms. The third-order valence-electron chi connectivity index (χ3n) is 2.40. The molecule has 0 amide bonds. The van der Waals surface area contributed by atoms with Crippen molar-refractivity contribution >= 4 is 12.4 Å². The summed E-state index contributed by atoms with van der Waals surface area (Å²) in [6, 6.07) is 3.03. The molecule has 4 heteroatoms. The molecule has 0 aliphatic rings. The lowest BCUT2D eigenvalue weighted by molar-refractivity contribution is 0.394. The van der Waals surface area contributed by atoms with Crippen molar-refractivity contribution in [3.05, 3.63) is 23.3 Å². The maximum absolute atomic E-state index is 7.23. The Morgan fingerprint density at radius 1 is 1.12 bits per heavy atom. The van der Waals surface area contributed by atoms with Crippen LogP contribution in [0, 0.1) is 0 Å². The van der Waals surface area contributed by atoms with E-state index in [1.165, 1.54) is 12.1 Å². The fourth-order valence-electron chi connectivity index (χ4n) is 1.65. The number of rotatable bonds is 6. The lowest BCUT2D eigenvalue weighted by Gasteiger charge is -2.14. The molecule has 0 saturated carbocycles. The van der Waals surface area contributed by atoms with Gasteiger partial charge in [-0.25, -0.2) is 0 Å². The lowest BCUT2D eigenvalue weighted by Crippen LogP contribution is -2.05. The van der Waals surface area contributed by atoms with Gasteiger partial charge in [-0.05, 0) is 42.6 Å². The van der Waals surface area contributed by atoms with Crippen molar-refractivity contribution in [2.75, 3.05) is 20.6 Å². The van der Waals surface area contributed by atoms with Gasteiger partial charge in [-0.15, -0.1) is 12.4 Å². The zero-order valence-corrected chi connectivity index (χ0v) is 10.6. The second-order valence-electron chi connectivity index (χ2n) is 3.56. The molecular formula is C13H22ClNO2. The molecule has 0 saturated heterocycles. The molecule has 17 heavy (non-hydrogen) atoms. The molecule has 2 N–H and O–H groups in total. The summed E-state index contributed by atoms with van der Waals surface area (Å²) in [5, 5.41) is 0. The standard InChI is InChI=1S/C13H21NO2.ClH/c1-4-5-10-8-13(16-3)11(6-7-14)9-12(10)15-2;/h8-9H,4-7,14H2,1-3H3;1H/i2D3,3D3;. The Labute approximate surface area is 118 Å². The molecule has 0 atom stereocenters. The van der Waals surface area contributed by atoms with Crippen molar-refractivity contribution < 1.29 is 17.7 Å². The summed E-state index contributed by atoms with van der Waals surface area (Å²) in [6.45, 7) is 2.20. The van der Waals surface area contributed by atoms with Crippen molar-refractivity contribution in [3.63, 3.8) is 0 Å². The van der Waals surface area contributed by atoms with Crippen LogP contribution in [0.4, 0.5) is 0 Å². The van der Waals surface area contributed by atoms with E-state index in [1.54, 1.807) is 0 Å². The van der Waals surface area contributed by atoms with E-state index in [-0.39, 0.29) is 30.5 Å². The zero-order valence-electron chi connectivity index (χ0n) is 15.8. The monoisotopic (exact) mass is 265 g/mol. The van der Waals surface area contributed by atoms with Gasteiger partial charge in [0, 0.05) is 0 Å². The first kappa shape index (κ1) is 8.22. The maximum atomic E-state index is 7.23. The molecule has 0 aromatic heterocycles. The van der Waals surface area contributed by atoms with Gasteiger partial charge in [0.2, 0.25) is 0 Å². The highest BCUT2D eigenvalue weighted by atomic mass is 35.5. The van der Waals surface area contributed by atoms with Gasteiger partial charge in [-0.1, -0.05) is 13.3 Å². The van der Waals surface area contributed by atoms with Gasteiger partial charge >= 0.3 is 0 Å². The minimum atomic E-state index is -2.58. The second kappa shape index (κ2) is 8.20. The van der Waals surface area contributed by atoms with Crippen molar-refractivity contribution in [1.29, 1.82) is 0 Å². The topological polar surface area (TPSA) is 44.5 Å². The molecule has 1 rings (SSSR count). The van der Waals surface area contributed by atoms with E-state index in [2.05, 4.69) is 0 Å². The zero-order chi connectivity index (χ0) is 17.0. The summed E-state index contributed by atoms with van der Waals surface area (Å²) in [5.41, 5.74) is 6.63. The molecular weight excluding hydrogens is 238 g/mol. The van der Waals surface area contributed by atoms with Gasteiger partial charge in [0.25, 0.3) is 0 Å². The number of benzene rings is 1. The molecule has 98 valence electrons. The highest BCUT2D eigenvalue weighted by molar-refractivity contribution is 5.85.